The van der Waals surface area contributed by atoms with E-state index in [-0.39, 0.29) is 6.04 Å². The van der Waals surface area contributed by atoms with Gasteiger partial charge in [0.05, 0.1) is 5.69 Å². The Hall–Kier alpha value is -1.03. The predicted molar refractivity (Wildman–Crippen MR) is 80.5 cm³/mol. The maximum Gasteiger partial charge on any atom is 0.130 e. The third-order valence-electron chi connectivity index (χ3n) is 4.16. The van der Waals surface area contributed by atoms with Gasteiger partial charge < -0.3 is 10.6 Å². The molecule has 108 valence electrons. The molecule has 0 amide bonds. The molecule has 1 aromatic rings. The third-order valence-corrected chi connectivity index (χ3v) is 4.16. The van der Waals surface area contributed by atoms with Gasteiger partial charge in [-0.2, -0.15) is 5.10 Å². The van der Waals surface area contributed by atoms with Crippen LogP contribution in [0.2, 0.25) is 0 Å². The summed E-state index contributed by atoms with van der Waals surface area (Å²) in [4.78, 5) is 2.52. The van der Waals surface area contributed by atoms with E-state index in [1.165, 1.54) is 30.6 Å². The minimum atomic E-state index is 0.188. The van der Waals surface area contributed by atoms with E-state index in [4.69, 9.17) is 5.73 Å². The van der Waals surface area contributed by atoms with Crippen molar-refractivity contribution in [3.05, 3.63) is 11.3 Å². The molecule has 2 rings (SSSR count). The average molecular weight is 264 g/mol. The Morgan fingerprint density at radius 3 is 2.79 bits per heavy atom. The Kier molecular flexibility index (Phi) is 4.50. The molecule has 2 unspecified atom stereocenters. The van der Waals surface area contributed by atoms with E-state index in [0.29, 0.717) is 0 Å². The summed E-state index contributed by atoms with van der Waals surface area (Å²) >= 11 is 0. The number of nitrogens with two attached hydrogens (primary N) is 1. The van der Waals surface area contributed by atoms with Crippen molar-refractivity contribution in [3.63, 3.8) is 0 Å². The molecule has 0 spiro atoms. The van der Waals surface area contributed by atoms with Crippen LogP contribution in [0.4, 0.5) is 5.82 Å². The van der Waals surface area contributed by atoms with Crippen LogP contribution in [0.3, 0.4) is 0 Å². The van der Waals surface area contributed by atoms with Crippen LogP contribution in [-0.2, 0) is 13.5 Å². The van der Waals surface area contributed by atoms with Crippen LogP contribution in [-0.4, -0.2) is 28.9 Å². The standard InChI is InChI=1S/C15H28N4/c1-11-6-5-8-19(9-7-11)15-14(10-12(2)16)13(3)17-18(15)4/h11-12H,5-10,16H2,1-4H3. The zero-order valence-corrected chi connectivity index (χ0v) is 12.8. The molecule has 19 heavy (non-hydrogen) atoms. The summed E-state index contributed by atoms with van der Waals surface area (Å²) in [7, 11) is 2.06. The van der Waals surface area contributed by atoms with Gasteiger partial charge >= 0.3 is 0 Å². The van der Waals surface area contributed by atoms with Gasteiger partial charge in [0.15, 0.2) is 0 Å². The Morgan fingerprint density at radius 1 is 1.37 bits per heavy atom. The van der Waals surface area contributed by atoms with Crippen molar-refractivity contribution >= 4 is 5.82 Å². The lowest BCUT2D eigenvalue weighted by atomic mass is 10.0. The highest BCUT2D eigenvalue weighted by molar-refractivity contribution is 5.50. The van der Waals surface area contributed by atoms with Crippen LogP contribution in [0.1, 0.15) is 44.4 Å². The van der Waals surface area contributed by atoms with Gasteiger partial charge in [0.2, 0.25) is 0 Å². The minimum Gasteiger partial charge on any atom is -0.357 e. The van der Waals surface area contributed by atoms with Crippen molar-refractivity contribution in [2.24, 2.45) is 18.7 Å². The van der Waals surface area contributed by atoms with Crippen molar-refractivity contribution in [1.29, 1.82) is 0 Å². The first-order valence-electron chi connectivity index (χ1n) is 7.52. The third kappa shape index (κ3) is 3.30. The van der Waals surface area contributed by atoms with E-state index >= 15 is 0 Å². The zero-order chi connectivity index (χ0) is 14.0. The molecule has 2 atom stereocenters. The lowest BCUT2D eigenvalue weighted by Crippen LogP contribution is -2.28. The van der Waals surface area contributed by atoms with Crippen LogP contribution in [0.5, 0.6) is 0 Å². The van der Waals surface area contributed by atoms with Crippen molar-refractivity contribution in [2.75, 3.05) is 18.0 Å². The first kappa shape index (κ1) is 14.4. The number of aryl methyl sites for hydroxylation is 2. The van der Waals surface area contributed by atoms with E-state index in [1.807, 2.05) is 4.68 Å². The van der Waals surface area contributed by atoms with Crippen LogP contribution in [0.15, 0.2) is 0 Å². The summed E-state index contributed by atoms with van der Waals surface area (Å²) in [5.41, 5.74) is 8.47. The van der Waals surface area contributed by atoms with Crippen molar-refractivity contribution in [3.8, 4) is 0 Å². The van der Waals surface area contributed by atoms with Gasteiger partial charge in [-0.3, -0.25) is 4.68 Å². The molecule has 0 radical (unpaired) electrons. The van der Waals surface area contributed by atoms with Gasteiger partial charge in [-0.05, 0) is 45.4 Å². The Morgan fingerprint density at radius 2 is 2.11 bits per heavy atom. The maximum atomic E-state index is 6.00. The number of nitrogens with zero attached hydrogens (tertiary/aromatic N) is 3. The summed E-state index contributed by atoms with van der Waals surface area (Å²) in [6.45, 7) is 8.82. The number of hydrogen-bond donors (Lipinski definition) is 1. The normalized spacial score (nSPS) is 22.4. The van der Waals surface area contributed by atoms with Gasteiger partial charge in [-0.1, -0.05) is 6.92 Å². The van der Waals surface area contributed by atoms with Gasteiger partial charge in [-0.25, -0.2) is 0 Å². The monoisotopic (exact) mass is 264 g/mol. The van der Waals surface area contributed by atoms with Crippen LogP contribution < -0.4 is 10.6 Å². The summed E-state index contributed by atoms with van der Waals surface area (Å²) in [5, 5.41) is 4.61. The Labute approximate surface area is 117 Å². The topological polar surface area (TPSA) is 47.1 Å². The molecule has 0 bridgehead atoms. The highest BCUT2D eigenvalue weighted by Crippen LogP contribution is 2.28. The van der Waals surface area contributed by atoms with Crippen LogP contribution in [0, 0.1) is 12.8 Å². The summed E-state index contributed by atoms with van der Waals surface area (Å²) in [6.07, 6.45) is 4.82. The van der Waals surface area contributed by atoms with Crippen LogP contribution in [0.25, 0.3) is 0 Å². The number of aromatic nitrogens is 2. The van der Waals surface area contributed by atoms with E-state index in [2.05, 4.69) is 37.8 Å². The van der Waals surface area contributed by atoms with E-state index in [1.54, 1.807) is 0 Å². The summed E-state index contributed by atoms with van der Waals surface area (Å²) in [6, 6.07) is 0.188. The molecule has 1 saturated heterocycles. The fourth-order valence-corrected chi connectivity index (χ4v) is 3.12. The summed E-state index contributed by atoms with van der Waals surface area (Å²) < 4.78 is 2.04. The molecule has 1 aliphatic heterocycles. The smallest absolute Gasteiger partial charge is 0.130 e. The average Bonchev–Trinajstić information content (AvgIpc) is 2.51. The number of rotatable bonds is 3. The lowest BCUT2D eigenvalue weighted by Gasteiger charge is -2.24. The second-order valence-corrected chi connectivity index (χ2v) is 6.22. The first-order valence-corrected chi connectivity index (χ1v) is 7.52. The zero-order valence-electron chi connectivity index (χ0n) is 12.8. The highest BCUT2D eigenvalue weighted by atomic mass is 15.4. The highest BCUT2D eigenvalue weighted by Gasteiger charge is 2.22. The molecule has 1 aromatic heterocycles. The molecule has 0 aliphatic carbocycles. The maximum absolute atomic E-state index is 6.00. The second kappa shape index (κ2) is 5.95. The molecule has 1 aliphatic rings. The minimum absolute atomic E-state index is 0.188. The van der Waals surface area contributed by atoms with Gasteiger partial charge in [0.25, 0.3) is 0 Å². The van der Waals surface area contributed by atoms with E-state index < -0.39 is 0 Å². The molecule has 2 heterocycles. The van der Waals surface area contributed by atoms with Crippen LogP contribution >= 0.6 is 0 Å². The second-order valence-electron chi connectivity index (χ2n) is 6.22. The predicted octanol–water partition coefficient (Wildman–Crippen LogP) is 2.24. The van der Waals surface area contributed by atoms with Crippen molar-refractivity contribution in [2.45, 2.75) is 52.5 Å². The quantitative estimate of drug-likeness (QED) is 0.911. The number of hydrogen-bond acceptors (Lipinski definition) is 3. The molecule has 0 saturated carbocycles. The van der Waals surface area contributed by atoms with Gasteiger partial charge in [0.1, 0.15) is 5.82 Å². The molecule has 4 nitrogen and oxygen atoms in total. The van der Waals surface area contributed by atoms with Crippen molar-refractivity contribution in [1.82, 2.24) is 9.78 Å². The molecule has 4 heteroatoms. The molecule has 1 fully saturated rings. The van der Waals surface area contributed by atoms with E-state index in [0.717, 1.165) is 31.1 Å². The largest absolute Gasteiger partial charge is 0.357 e. The fourth-order valence-electron chi connectivity index (χ4n) is 3.12. The fraction of sp³-hybridized carbons (Fsp3) is 0.800. The molecule has 2 N–H and O–H groups in total. The lowest BCUT2D eigenvalue weighted by molar-refractivity contribution is 0.520. The number of anilines is 1. The molecular weight excluding hydrogens is 236 g/mol. The first-order chi connectivity index (χ1) is 8.99. The van der Waals surface area contributed by atoms with Gasteiger partial charge in [0, 0.05) is 31.7 Å². The van der Waals surface area contributed by atoms with E-state index in [9.17, 15) is 0 Å². The molecule has 0 aromatic carbocycles. The molecular formula is C15H28N4. The van der Waals surface area contributed by atoms with Gasteiger partial charge in [-0.15, -0.1) is 0 Å². The Balaban J connectivity index is 2.27. The summed E-state index contributed by atoms with van der Waals surface area (Å²) in [5.74, 6) is 2.14. The SMILES string of the molecule is Cc1nn(C)c(N2CCCC(C)CC2)c1CC(C)N. The Bertz CT molecular complexity index is 422. The van der Waals surface area contributed by atoms with Crippen molar-refractivity contribution < 1.29 is 0 Å².